The Labute approximate surface area is 121 Å². The normalized spacial score (nSPS) is 10.9. The molecule has 0 aliphatic rings. The van der Waals surface area contributed by atoms with Crippen LogP contribution in [0.4, 0.5) is 4.39 Å². The van der Waals surface area contributed by atoms with Gasteiger partial charge in [0.15, 0.2) is 0 Å². The maximum atomic E-state index is 13.1. The van der Waals surface area contributed by atoms with Gasteiger partial charge in [-0.05, 0) is 64.8 Å². The maximum absolute atomic E-state index is 13.1. The average molecular weight is 323 g/mol. The van der Waals surface area contributed by atoms with Crippen molar-refractivity contribution in [3.05, 3.63) is 64.1 Å². The van der Waals surface area contributed by atoms with E-state index in [1.54, 1.807) is 0 Å². The van der Waals surface area contributed by atoms with Crippen LogP contribution >= 0.6 is 15.9 Å². The van der Waals surface area contributed by atoms with E-state index in [9.17, 15) is 4.39 Å². The zero-order valence-electron chi connectivity index (χ0n) is 10.8. The molecule has 4 heteroatoms. The first kappa shape index (κ1) is 14.2. The van der Waals surface area contributed by atoms with E-state index in [0.29, 0.717) is 4.47 Å². The lowest BCUT2D eigenvalue weighted by Gasteiger charge is -2.16. The molecule has 1 aromatic carbocycles. The van der Waals surface area contributed by atoms with Gasteiger partial charge < -0.3 is 4.90 Å². The molecule has 0 saturated heterocycles. The molecule has 0 bridgehead atoms. The molecule has 1 aromatic heterocycles. The maximum Gasteiger partial charge on any atom is 0.137 e. The van der Waals surface area contributed by atoms with Crippen molar-refractivity contribution >= 4 is 15.9 Å². The topological polar surface area (TPSA) is 16.1 Å². The van der Waals surface area contributed by atoms with Gasteiger partial charge in [-0.25, -0.2) is 4.39 Å². The second-order valence-corrected chi connectivity index (χ2v) is 5.45. The third kappa shape index (κ3) is 4.40. The van der Waals surface area contributed by atoms with Crippen LogP contribution in [0, 0.1) is 5.82 Å². The van der Waals surface area contributed by atoms with Crippen molar-refractivity contribution in [3.63, 3.8) is 0 Å². The van der Waals surface area contributed by atoms with Crippen LogP contribution in [0.25, 0.3) is 0 Å². The summed E-state index contributed by atoms with van der Waals surface area (Å²) < 4.78 is 13.7. The van der Waals surface area contributed by atoms with E-state index in [-0.39, 0.29) is 5.82 Å². The number of hydrogen-bond acceptors (Lipinski definition) is 2. The number of rotatable bonds is 5. The molecule has 2 rings (SSSR count). The van der Waals surface area contributed by atoms with Crippen LogP contribution in [0.5, 0.6) is 0 Å². The Morgan fingerprint density at radius 3 is 2.58 bits per heavy atom. The van der Waals surface area contributed by atoms with Gasteiger partial charge in [0.25, 0.3) is 0 Å². The third-order valence-electron chi connectivity index (χ3n) is 2.97. The molecule has 100 valence electrons. The van der Waals surface area contributed by atoms with Crippen LogP contribution in [0.15, 0.2) is 47.2 Å². The fraction of sp³-hybridized carbons (Fsp3) is 0.267. The fourth-order valence-corrected chi connectivity index (χ4v) is 2.32. The van der Waals surface area contributed by atoms with E-state index < -0.39 is 0 Å². The standard InChI is InChI=1S/C15H16BrFN2/c1-19(9-6-12-4-7-18-8-5-12)11-13-2-3-15(17)14(16)10-13/h2-5,7-8,10H,6,9,11H2,1H3. The smallest absolute Gasteiger partial charge is 0.137 e. The van der Waals surface area contributed by atoms with Crippen molar-refractivity contribution in [1.82, 2.24) is 9.88 Å². The van der Waals surface area contributed by atoms with E-state index in [1.807, 2.05) is 36.7 Å². The summed E-state index contributed by atoms with van der Waals surface area (Å²) in [6.45, 7) is 1.77. The van der Waals surface area contributed by atoms with E-state index >= 15 is 0 Å². The zero-order chi connectivity index (χ0) is 13.7. The minimum atomic E-state index is -0.219. The number of halogens is 2. The Bertz CT molecular complexity index is 531. The Morgan fingerprint density at radius 2 is 1.89 bits per heavy atom. The van der Waals surface area contributed by atoms with Gasteiger partial charge in [-0.3, -0.25) is 4.98 Å². The highest BCUT2D eigenvalue weighted by Crippen LogP contribution is 2.17. The van der Waals surface area contributed by atoms with E-state index in [2.05, 4.69) is 32.9 Å². The van der Waals surface area contributed by atoms with Gasteiger partial charge in [0, 0.05) is 25.5 Å². The number of aromatic nitrogens is 1. The Balaban J connectivity index is 1.87. The summed E-state index contributed by atoms with van der Waals surface area (Å²) in [4.78, 5) is 6.23. The largest absolute Gasteiger partial charge is 0.302 e. The van der Waals surface area contributed by atoms with Crippen molar-refractivity contribution in [2.75, 3.05) is 13.6 Å². The molecule has 2 aromatic rings. The molecule has 19 heavy (non-hydrogen) atoms. The molecule has 0 spiro atoms. The van der Waals surface area contributed by atoms with E-state index in [0.717, 1.165) is 25.1 Å². The van der Waals surface area contributed by atoms with Crippen molar-refractivity contribution in [1.29, 1.82) is 0 Å². The van der Waals surface area contributed by atoms with Gasteiger partial charge in [-0.2, -0.15) is 0 Å². The van der Waals surface area contributed by atoms with Gasteiger partial charge in [0.1, 0.15) is 5.82 Å². The molecule has 0 saturated carbocycles. The second kappa shape index (κ2) is 6.78. The number of likely N-dealkylation sites (N-methyl/N-ethyl adjacent to an activating group) is 1. The number of nitrogens with zero attached hydrogens (tertiary/aromatic N) is 2. The molecule has 0 fully saturated rings. The first-order chi connectivity index (χ1) is 9.15. The van der Waals surface area contributed by atoms with Gasteiger partial charge in [0.2, 0.25) is 0 Å². The first-order valence-corrected chi connectivity index (χ1v) is 6.96. The van der Waals surface area contributed by atoms with Crippen LogP contribution in [-0.4, -0.2) is 23.5 Å². The lowest BCUT2D eigenvalue weighted by Crippen LogP contribution is -2.20. The SMILES string of the molecule is CN(CCc1ccncc1)Cc1ccc(F)c(Br)c1. The summed E-state index contributed by atoms with van der Waals surface area (Å²) in [5, 5.41) is 0. The molecule has 0 atom stereocenters. The summed E-state index contributed by atoms with van der Waals surface area (Å²) in [6, 6.07) is 9.21. The van der Waals surface area contributed by atoms with Crippen molar-refractivity contribution in [3.8, 4) is 0 Å². The molecule has 0 amide bonds. The second-order valence-electron chi connectivity index (χ2n) is 4.59. The summed E-state index contributed by atoms with van der Waals surface area (Å²) in [6.07, 6.45) is 4.61. The molecule has 0 radical (unpaired) electrons. The fourth-order valence-electron chi connectivity index (χ4n) is 1.90. The third-order valence-corrected chi connectivity index (χ3v) is 3.58. The van der Waals surface area contributed by atoms with Gasteiger partial charge in [-0.1, -0.05) is 6.07 Å². The van der Waals surface area contributed by atoms with Crippen LogP contribution in [0.2, 0.25) is 0 Å². The lowest BCUT2D eigenvalue weighted by atomic mass is 10.1. The van der Waals surface area contributed by atoms with Crippen LogP contribution < -0.4 is 0 Å². The molecule has 1 heterocycles. The predicted octanol–water partition coefficient (Wildman–Crippen LogP) is 3.66. The first-order valence-electron chi connectivity index (χ1n) is 6.16. The molecule has 2 nitrogen and oxygen atoms in total. The minimum Gasteiger partial charge on any atom is -0.302 e. The highest BCUT2D eigenvalue weighted by molar-refractivity contribution is 9.10. The Morgan fingerprint density at radius 1 is 1.16 bits per heavy atom. The summed E-state index contributed by atoms with van der Waals surface area (Å²) >= 11 is 3.21. The molecule has 0 unspecified atom stereocenters. The van der Waals surface area contributed by atoms with E-state index in [4.69, 9.17) is 0 Å². The molecule has 0 aliphatic carbocycles. The Kier molecular flexibility index (Phi) is 5.05. The molecule has 0 aliphatic heterocycles. The average Bonchev–Trinajstić information content (AvgIpc) is 2.42. The lowest BCUT2D eigenvalue weighted by molar-refractivity contribution is 0.331. The molecular weight excluding hydrogens is 307 g/mol. The monoisotopic (exact) mass is 322 g/mol. The Hall–Kier alpha value is -1.26. The number of pyridine rings is 1. The summed E-state index contributed by atoms with van der Waals surface area (Å²) in [5.74, 6) is -0.219. The minimum absolute atomic E-state index is 0.219. The summed E-state index contributed by atoms with van der Waals surface area (Å²) in [5.41, 5.74) is 2.38. The highest BCUT2D eigenvalue weighted by atomic mass is 79.9. The zero-order valence-corrected chi connectivity index (χ0v) is 12.4. The quantitative estimate of drug-likeness (QED) is 0.835. The van der Waals surface area contributed by atoms with Crippen molar-refractivity contribution in [2.24, 2.45) is 0 Å². The number of benzene rings is 1. The van der Waals surface area contributed by atoms with Gasteiger partial charge >= 0.3 is 0 Å². The van der Waals surface area contributed by atoms with Crippen molar-refractivity contribution < 1.29 is 4.39 Å². The molecular formula is C15H16BrFN2. The number of hydrogen-bond donors (Lipinski definition) is 0. The van der Waals surface area contributed by atoms with Crippen LogP contribution in [-0.2, 0) is 13.0 Å². The van der Waals surface area contributed by atoms with Gasteiger partial charge in [-0.15, -0.1) is 0 Å². The highest BCUT2D eigenvalue weighted by Gasteiger charge is 2.04. The van der Waals surface area contributed by atoms with Crippen LogP contribution in [0.3, 0.4) is 0 Å². The summed E-state index contributed by atoms with van der Waals surface area (Å²) in [7, 11) is 2.07. The van der Waals surface area contributed by atoms with Crippen molar-refractivity contribution in [2.45, 2.75) is 13.0 Å². The molecule has 0 N–H and O–H groups in total. The van der Waals surface area contributed by atoms with E-state index in [1.165, 1.54) is 11.6 Å². The predicted molar refractivity (Wildman–Crippen MR) is 78.4 cm³/mol. The van der Waals surface area contributed by atoms with Crippen LogP contribution in [0.1, 0.15) is 11.1 Å². The van der Waals surface area contributed by atoms with Gasteiger partial charge in [0.05, 0.1) is 4.47 Å².